The van der Waals surface area contributed by atoms with Crippen LogP contribution >= 0.6 is 11.6 Å². The molecule has 2 aromatic rings. The molecule has 1 aliphatic heterocycles. The minimum absolute atomic E-state index is 0.131. The molecule has 1 N–H and O–H groups in total. The van der Waals surface area contributed by atoms with E-state index in [2.05, 4.69) is 5.32 Å². The fourth-order valence-electron chi connectivity index (χ4n) is 3.99. The lowest BCUT2D eigenvalue weighted by atomic mass is 9.96. The van der Waals surface area contributed by atoms with E-state index in [9.17, 15) is 17.6 Å². The minimum atomic E-state index is -3.54. The number of carbonyl (C=O) groups is 1. The molecule has 9 heteroatoms. The number of anilines is 1. The van der Waals surface area contributed by atoms with E-state index in [0.29, 0.717) is 42.5 Å². The lowest BCUT2D eigenvalue weighted by Crippen LogP contribution is -2.40. The molecule has 0 aliphatic carbocycles. The summed E-state index contributed by atoms with van der Waals surface area (Å²) in [4.78, 5) is 15.1. The maximum atomic E-state index is 14.1. The summed E-state index contributed by atoms with van der Waals surface area (Å²) in [5.41, 5.74) is 0.989. The van der Waals surface area contributed by atoms with Gasteiger partial charge in [-0.25, -0.2) is 12.8 Å². The Morgan fingerprint density at radius 3 is 2.50 bits per heavy atom. The lowest BCUT2D eigenvalue weighted by molar-refractivity contribution is -0.121. The Labute approximate surface area is 194 Å². The molecule has 1 saturated heterocycles. The van der Waals surface area contributed by atoms with Crippen molar-refractivity contribution in [2.24, 2.45) is 5.92 Å². The first-order valence-corrected chi connectivity index (χ1v) is 12.6. The third-order valence-corrected chi connectivity index (χ3v) is 8.20. The van der Waals surface area contributed by atoms with Crippen LogP contribution in [0.25, 0.3) is 0 Å². The molecule has 1 atom stereocenters. The van der Waals surface area contributed by atoms with E-state index in [-0.39, 0.29) is 22.5 Å². The van der Waals surface area contributed by atoms with Crippen LogP contribution in [0, 0.1) is 11.7 Å². The van der Waals surface area contributed by atoms with Gasteiger partial charge in [0.1, 0.15) is 5.82 Å². The van der Waals surface area contributed by atoms with Crippen molar-refractivity contribution in [3.05, 3.63) is 58.9 Å². The molecule has 174 valence electrons. The second-order valence-corrected chi connectivity index (χ2v) is 10.2. The largest absolute Gasteiger partial charge is 0.326 e. The van der Waals surface area contributed by atoms with Gasteiger partial charge in [-0.2, -0.15) is 4.31 Å². The highest BCUT2D eigenvalue weighted by molar-refractivity contribution is 7.89. The molecule has 1 unspecified atom stereocenters. The number of amides is 1. The molecule has 2 aromatic carbocycles. The predicted molar refractivity (Wildman–Crippen MR) is 125 cm³/mol. The monoisotopic (exact) mass is 481 g/mol. The van der Waals surface area contributed by atoms with E-state index < -0.39 is 10.0 Å². The first kappa shape index (κ1) is 24.6. The zero-order valence-electron chi connectivity index (χ0n) is 18.4. The van der Waals surface area contributed by atoms with Crippen molar-refractivity contribution in [3.8, 4) is 0 Å². The second-order valence-electron chi connectivity index (χ2n) is 7.88. The first-order valence-electron chi connectivity index (χ1n) is 10.8. The van der Waals surface area contributed by atoms with Gasteiger partial charge in [0, 0.05) is 42.5 Å². The SMILES string of the molecule is CCN(CC)S(=O)(=O)c1ccc(NC(=O)C2CCCN(Cc3c(F)cccc3Cl)C2)cc1. The molecule has 0 aromatic heterocycles. The van der Waals surface area contributed by atoms with E-state index in [1.165, 1.54) is 22.5 Å². The average molecular weight is 482 g/mol. The average Bonchev–Trinajstić information content (AvgIpc) is 2.77. The number of nitrogens with one attached hydrogen (secondary N) is 1. The summed E-state index contributed by atoms with van der Waals surface area (Å²) < 4.78 is 40.7. The highest BCUT2D eigenvalue weighted by atomic mass is 35.5. The van der Waals surface area contributed by atoms with Gasteiger partial charge >= 0.3 is 0 Å². The highest BCUT2D eigenvalue weighted by Gasteiger charge is 2.27. The van der Waals surface area contributed by atoms with Crippen molar-refractivity contribution in [3.63, 3.8) is 0 Å². The molecule has 32 heavy (non-hydrogen) atoms. The molecule has 0 saturated carbocycles. The molecule has 0 bridgehead atoms. The Balaban J connectivity index is 1.63. The number of piperidine rings is 1. The fourth-order valence-corrected chi connectivity index (χ4v) is 5.67. The zero-order valence-corrected chi connectivity index (χ0v) is 19.9. The van der Waals surface area contributed by atoms with E-state index >= 15 is 0 Å². The number of likely N-dealkylation sites (tertiary alicyclic amines) is 1. The summed E-state index contributed by atoms with van der Waals surface area (Å²) in [6.45, 7) is 6.01. The standard InChI is InChI=1S/C23H29ClFN3O3S/c1-3-28(4-2)32(30,31)19-12-10-18(11-13-19)26-23(29)17-7-6-14-27(15-17)16-20-21(24)8-5-9-22(20)25/h5,8-13,17H,3-4,6-7,14-16H2,1-2H3,(H,26,29). The molecule has 1 heterocycles. The van der Waals surface area contributed by atoms with Gasteiger partial charge in [-0.3, -0.25) is 9.69 Å². The predicted octanol–water partition coefficient (Wildman–Crippen LogP) is 4.36. The van der Waals surface area contributed by atoms with Crippen molar-refractivity contribution in [1.29, 1.82) is 0 Å². The topological polar surface area (TPSA) is 69.7 Å². The van der Waals surface area contributed by atoms with E-state index in [1.807, 2.05) is 4.90 Å². The number of nitrogens with zero attached hydrogens (tertiary/aromatic N) is 2. The number of hydrogen-bond acceptors (Lipinski definition) is 4. The Kier molecular flexibility index (Phi) is 8.27. The molecule has 1 fully saturated rings. The number of hydrogen-bond donors (Lipinski definition) is 1. The first-order chi connectivity index (χ1) is 15.3. The van der Waals surface area contributed by atoms with Crippen molar-refractivity contribution in [1.82, 2.24) is 9.21 Å². The van der Waals surface area contributed by atoms with Crippen LogP contribution in [0.5, 0.6) is 0 Å². The molecule has 1 amide bonds. The van der Waals surface area contributed by atoms with E-state index in [0.717, 1.165) is 19.4 Å². The van der Waals surface area contributed by atoms with E-state index in [4.69, 9.17) is 11.6 Å². The van der Waals surface area contributed by atoms with Crippen LogP contribution in [-0.4, -0.2) is 49.7 Å². The van der Waals surface area contributed by atoms with Gasteiger partial charge in [-0.15, -0.1) is 0 Å². The van der Waals surface area contributed by atoms with Crippen LogP contribution in [0.4, 0.5) is 10.1 Å². The van der Waals surface area contributed by atoms with Gasteiger partial charge in [0.2, 0.25) is 15.9 Å². The molecule has 3 rings (SSSR count). The maximum absolute atomic E-state index is 14.1. The van der Waals surface area contributed by atoms with Crippen LogP contribution in [0.3, 0.4) is 0 Å². The van der Waals surface area contributed by atoms with Crippen LogP contribution in [0.2, 0.25) is 5.02 Å². The summed E-state index contributed by atoms with van der Waals surface area (Å²) in [7, 11) is -3.54. The zero-order chi connectivity index (χ0) is 23.3. The summed E-state index contributed by atoms with van der Waals surface area (Å²) >= 11 is 6.15. The quantitative estimate of drug-likeness (QED) is 0.608. The molecule has 0 spiro atoms. The fraction of sp³-hybridized carbons (Fsp3) is 0.435. The van der Waals surface area contributed by atoms with Gasteiger partial charge in [0.05, 0.1) is 10.8 Å². The minimum Gasteiger partial charge on any atom is -0.326 e. The maximum Gasteiger partial charge on any atom is 0.243 e. The molecular weight excluding hydrogens is 453 g/mol. The highest BCUT2D eigenvalue weighted by Crippen LogP contribution is 2.25. The Morgan fingerprint density at radius 2 is 1.88 bits per heavy atom. The third-order valence-electron chi connectivity index (χ3n) is 5.78. The molecule has 6 nitrogen and oxygen atoms in total. The Hall–Kier alpha value is -2.00. The molecule has 0 radical (unpaired) electrons. The van der Waals surface area contributed by atoms with E-state index in [1.54, 1.807) is 38.1 Å². The Bertz CT molecular complexity index is 1020. The van der Waals surface area contributed by atoms with Gasteiger partial charge < -0.3 is 5.32 Å². The third kappa shape index (κ3) is 5.67. The van der Waals surface area contributed by atoms with Crippen molar-refractivity contribution >= 4 is 33.2 Å². The number of benzene rings is 2. The summed E-state index contributed by atoms with van der Waals surface area (Å²) in [5, 5.41) is 3.27. The van der Waals surface area contributed by atoms with Crippen LogP contribution in [0.1, 0.15) is 32.3 Å². The number of sulfonamides is 1. The van der Waals surface area contributed by atoms with Gasteiger partial charge in [0.25, 0.3) is 0 Å². The number of carbonyl (C=O) groups excluding carboxylic acids is 1. The smallest absolute Gasteiger partial charge is 0.243 e. The van der Waals surface area contributed by atoms with Crippen LogP contribution < -0.4 is 5.32 Å². The van der Waals surface area contributed by atoms with Gasteiger partial charge in [0.15, 0.2) is 0 Å². The summed E-state index contributed by atoms with van der Waals surface area (Å²) in [6.07, 6.45) is 1.56. The Morgan fingerprint density at radius 1 is 1.19 bits per heavy atom. The normalized spacial score (nSPS) is 17.5. The van der Waals surface area contributed by atoms with Crippen LogP contribution in [-0.2, 0) is 21.4 Å². The second kappa shape index (κ2) is 10.7. The van der Waals surface area contributed by atoms with Crippen molar-refractivity contribution in [2.45, 2.75) is 38.1 Å². The summed E-state index contributed by atoms with van der Waals surface area (Å²) in [6, 6.07) is 10.9. The lowest BCUT2D eigenvalue weighted by Gasteiger charge is -2.32. The number of rotatable bonds is 8. The molecule has 1 aliphatic rings. The van der Waals surface area contributed by atoms with Crippen molar-refractivity contribution in [2.75, 3.05) is 31.5 Å². The van der Waals surface area contributed by atoms with Crippen LogP contribution in [0.15, 0.2) is 47.4 Å². The van der Waals surface area contributed by atoms with Gasteiger partial charge in [-0.1, -0.05) is 31.5 Å². The van der Waals surface area contributed by atoms with Gasteiger partial charge in [-0.05, 0) is 55.8 Å². The van der Waals surface area contributed by atoms with Crippen molar-refractivity contribution < 1.29 is 17.6 Å². The molecular formula is C23H29ClFN3O3S. The summed E-state index contributed by atoms with van der Waals surface area (Å²) in [5.74, 6) is -0.717. The number of halogens is 2.